The van der Waals surface area contributed by atoms with Crippen LogP contribution in [0.5, 0.6) is 0 Å². The Morgan fingerprint density at radius 2 is 1.73 bits per heavy atom. The van der Waals surface area contributed by atoms with Crippen molar-refractivity contribution >= 4 is 27.6 Å². The van der Waals surface area contributed by atoms with Crippen molar-refractivity contribution in [3.63, 3.8) is 0 Å². The molecule has 0 aliphatic carbocycles. The molecule has 1 fully saturated rings. The van der Waals surface area contributed by atoms with Crippen LogP contribution < -0.4 is 9.80 Å². The van der Waals surface area contributed by atoms with Crippen LogP contribution in [0, 0.1) is 0 Å². The minimum absolute atomic E-state index is 0.128. The number of hydrogen-bond donors (Lipinski definition) is 0. The van der Waals surface area contributed by atoms with E-state index in [9.17, 15) is 13.2 Å². The van der Waals surface area contributed by atoms with Crippen LogP contribution in [0.3, 0.4) is 0 Å². The quantitative estimate of drug-likeness (QED) is 0.646. The van der Waals surface area contributed by atoms with Crippen LogP contribution in [0.15, 0.2) is 12.1 Å². The molecule has 0 N–H and O–H groups in total. The molecule has 0 saturated carbocycles. The van der Waals surface area contributed by atoms with E-state index in [0.717, 1.165) is 35.3 Å². The first-order valence-electron chi connectivity index (χ1n) is 8.79. The molecule has 10 heteroatoms. The smallest absolute Gasteiger partial charge is 0.238 e. The molecule has 146 valence electrons. The molecular formula is C16H28N6O3S. The minimum atomic E-state index is -3.35. The highest BCUT2D eigenvalue weighted by molar-refractivity contribution is 7.88. The summed E-state index contributed by atoms with van der Waals surface area (Å²) in [6, 6.07) is 3.92. The van der Waals surface area contributed by atoms with E-state index in [1.54, 1.807) is 4.90 Å². The zero-order valence-electron chi connectivity index (χ0n) is 15.9. The number of carbonyl (C=O) groups is 1. The summed E-state index contributed by atoms with van der Waals surface area (Å²) >= 11 is 0. The fourth-order valence-corrected chi connectivity index (χ4v) is 3.14. The largest absolute Gasteiger partial charge is 0.356 e. The van der Waals surface area contributed by atoms with Crippen LogP contribution in [-0.2, 0) is 14.8 Å². The molecule has 9 nitrogen and oxygen atoms in total. The minimum Gasteiger partial charge on any atom is -0.356 e. The van der Waals surface area contributed by atoms with Gasteiger partial charge in [0, 0.05) is 46.3 Å². The fraction of sp³-hybridized carbons (Fsp3) is 0.688. The van der Waals surface area contributed by atoms with Gasteiger partial charge >= 0.3 is 0 Å². The monoisotopic (exact) mass is 384 g/mol. The van der Waals surface area contributed by atoms with Gasteiger partial charge in [0.1, 0.15) is 0 Å². The summed E-state index contributed by atoms with van der Waals surface area (Å²) in [6.07, 6.45) is 1.10. The Labute approximate surface area is 155 Å². The second kappa shape index (κ2) is 8.63. The predicted molar refractivity (Wildman–Crippen MR) is 102 cm³/mol. The van der Waals surface area contributed by atoms with Crippen LogP contribution in [0.2, 0.25) is 0 Å². The molecule has 1 saturated heterocycles. The zero-order chi connectivity index (χ0) is 19.3. The van der Waals surface area contributed by atoms with E-state index >= 15 is 0 Å². The standard InChI is InChI=1S/C16H28N6O3S/c1-5-20(6-2)14-7-8-15(18-17-14)21-9-11-22(12-10-21)16(23)13-19(3)26(4,24)25/h7-8H,5-6,9-13H2,1-4H3. The van der Waals surface area contributed by atoms with Crippen molar-refractivity contribution in [1.82, 2.24) is 19.4 Å². The van der Waals surface area contributed by atoms with Gasteiger partial charge in [-0.1, -0.05) is 0 Å². The van der Waals surface area contributed by atoms with Gasteiger partial charge in [0.25, 0.3) is 0 Å². The molecule has 0 bridgehead atoms. The van der Waals surface area contributed by atoms with Gasteiger partial charge in [0.2, 0.25) is 15.9 Å². The van der Waals surface area contributed by atoms with Crippen LogP contribution in [0.25, 0.3) is 0 Å². The average Bonchev–Trinajstić information content (AvgIpc) is 2.62. The molecule has 0 aromatic carbocycles. The van der Waals surface area contributed by atoms with Gasteiger partial charge in [-0.15, -0.1) is 10.2 Å². The van der Waals surface area contributed by atoms with Crippen molar-refractivity contribution in [2.75, 3.05) is 68.9 Å². The first-order valence-corrected chi connectivity index (χ1v) is 10.6. The fourth-order valence-electron chi connectivity index (χ4n) is 2.80. The molecule has 1 amide bonds. The first-order chi connectivity index (χ1) is 12.3. The Hall–Kier alpha value is -1.94. The number of likely N-dealkylation sites (N-methyl/N-ethyl adjacent to an activating group) is 1. The third-order valence-corrected chi connectivity index (χ3v) is 5.87. The average molecular weight is 385 g/mol. The molecule has 1 aromatic heterocycles. The Morgan fingerprint density at radius 3 is 2.19 bits per heavy atom. The molecule has 0 spiro atoms. The third kappa shape index (κ3) is 5.04. The number of hydrogen-bond acceptors (Lipinski definition) is 7. The van der Waals surface area contributed by atoms with E-state index in [1.807, 2.05) is 12.1 Å². The first kappa shape index (κ1) is 20.4. The van der Waals surface area contributed by atoms with E-state index in [4.69, 9.17) is 0 Å². The van der Waals surface area contributed by atoms with E-state index in [1.165, 1.54) is 7.05 Å². The van der Waals surface area contributed by atoms with E-state index in [2.05, 4.69) is 33.8 Å². The number of rotatable bonds is 7. The summed E-state index contributed by atoms with van der Waals surface area (Å²) < 4.78 is 23.9. The van der Waals surface area contributed by atoms with E-state index in [-0.39, 0.29) is 12.5 Å². The number of amides is 1. The van der Waals surface area contributed by atoms with Gasteiger partial charge in [0.15, 0.2) is 11.6 Å². The molecule has 2 rings (SSSR count). The van der Waals surface area contributed by atoms with Crippen LogP contribution >= 0.6 is 0 Å². The van der Waals surface area contributed by atoms with Crippen LogP contribution in [0.1, 0.15) is 13.8 Å². The molecule has 1 aromatic rings. The van der Waals surface area contributed by atoms with Crippen molar-refractivity contribution in [3.05, 3.63) is 12.1 Å². The van der Waals surface area contributed by atoms with E-state index in [0.29, 0.717) is 26.2 Å². The van der Waals surface area contributed by atoms with Crippen LogP contribution in [0.4, 0.5) is 11.6 Å². The van der Waals surface area contributed by atoms with Gasteiger partial charge in [-0.25, -0.2) is 8.42 Å². The lowest BCUT2D eigenvalue weighted by molar-refractivity contribution is -0.131. The maximum absolute atomic E-state index is 12.3. The van der Waals surface area contributed by atoms with Gasteiger partial charge < -0.3 is 14.7 Å². The molecular weight excluding hydrogens is 356 g/mol. The normalized spacial score (nSPS) is 15.4. The van der Waals surface area contributed by atoms with Crippen molar-refractivity contribution in [3.8, 4) is 0 Å². The number of nitrogens with zero attached hydrogens (tertiary/aromatic N) is 6. The summed E-state index contributed by atoms with van der Waals surface area (Å²) in [4.78, 5) is 18.2. The molecule has 1 aliphatic rings. The van der Waals surface area contributed by atoms with Crippen molar-refractivity contribution in [1.29, 1.82) is 0 Å². The van der Waals surface area contributed by atoms with Gasteiger partial charge in [-0.3, -0.25) is 4.79 Å². The number of piperazine rings is 1. The number of aromatic nitrogens is 2. The van der Waals surface area contributed by atoms with Gasteiger partial charge in [0.05, 0.1) is 12.8 Å². The second-order valence-electron chi connectivity index (χ2n) is 6.31. The van der Waals surface area contributed by atoms with Crippen molar-refractivity contribution in [2.24, 2.45) is 0 Å². The highest BCUT2D eigenvalue weighted by Gasteiger charge is 2.24. The second-order valence-corrected chi connectivity index (χ2v) is 8.40. The molecule has 26 heavy (non-hydrogen) atoms. The number of carbonyl (C=O) groups excluding carboxylic acids is 1. The molecule has 0 unspecified atom stereocenters. The van der Waals surface area contributed by atoms with Gasteiger partial charge in [-0.2, -0.15) is 4.31 Å². The molecule has 1 aliphatic heterocycles. The van der Waals surface area contributed by atoms with Crippen molar-refractivity contribution < 1.29 is 13.2 Å². The highest BCUT2D eigenvalue weighted by Crippen LogP contribution is 2.16. The highest BCUT2D eigenvalue weighted by atomic mass is 32.2. The van der Waals surface area contributed by atoms with Gasteiger partial charge in [-0.05, 0) is 26.0 Å². The summed E-state index contributed by atoms with van der Waals surface area (Å²) in [5.74, 6) is 1.47. The lowest BCUT2D eigenvalue weighted by atomic mass is 10.3. The zero-order valence-corrected chi connectivity index (χ0v) is 16.7. The predicted octanol–water partition coefficient (Wildman–Crippen LogP) is -0.137. The Bertz CT molecular complexity index is 697. The third-order valence-electron chi connectivity index (χ3n) is 4.60. The summed E-state index contributed by atoms with van der Waals surface area (Å²) in [5.41, 5.74) is 0. The molecule has 2 heterocycles. The number of sulfonamides is 1. The molecule has 0 radical (unpaired) electrons. The van der Waals surface area contributed by atoms with E-state index < -0.39 is 10.0 Å². The lowest BCUT2D eigenvalue weighted by Crippen LogP contribution is -2.51. The van der Waals surface area contributed by atoms with Crippen molar-refractivity contribution in [2.45, 2.75) is 13.8 Å². The number of anilines is 2. The lowest BCUT2D eigenvalue weighted by Gasteiger charge is -2.35. The maximum Gasteiger partial charge on any atom is 0.238 e. The Kier molecular flexibility index (Phi) is 6.76. The summed E-state index contributed by atoms with van der Waals surface area (Å²) in [6.45, 7) is 8.16. The topological polar surface area (TPSA) is 90.0 Å². The van der Waals surface area contributed by atoms with Crippen LogP contribution in [-0.4, -0.2) is 92.8 Å². The Morgan fingerprint density at radius 1 is 1.12 bits per heavy atom. The Balaban J connectivity index is 1.91. The summed E-state index contributed by atoms with van der Waals surface area (Å²) in [7, 11) is -1.94. The summed E-state index contributed by atoms with van der Waals surface area (Å²) in [5, 5.41) is 8.61. The maximum atomic E-state index is 12.3. The SMILES string of the molecule is CCN(CC)c1ccc(N2CCN(C(=O)CN(C)S(C)(=O)=O)CC2)nn1. The molecule has 0 atom stereocenters.